The van der Waals surface area contributed by atoms with Crippen LogP contribution in [0.5, 0.6) is 0 Å². The summed E-state index contributed by atoms with van der Waals surface area (Å²) in [6.45, 7) is 5.11. The van der Waals surface area contributed by atoms with Gasteiger partial charge >= 0.3 is 0 Å². The molecule has 1 saturated heterocycles. The highest BCUT2D eigenvalue weighted by atomic mass is 15.2. The van der Waals surface area contributed by atoms with Crippen molar-refractivity contribution >= 4 is 16.6 Å². The quantitative estimate of drug-likeness (QED) is 0.926. The third-order valence-corrected chi connectivity index (χ3v) is 4.28. The summed E-state index contributed by atoms with van der Waals surface area (Å²) in [5.74, 6) is 0.841. The minimum Gasteiger partial charge on any atom is -0.371 e. The van der Waals surface area contributed by atoms with Gasteiger partial charge in [0.25, 0.3) is 0 Å². The number of hydrogen-bond donors (Lipinski definition) is 1. The van der Waals surface area contributed by atoms with Gasteiger partial charge in [-0.15, -0.1) is 0 Å². The van der Waals surface area contributed by atoms with Crippen molar-refractivity contribution in [3.63, 3.8) is 0 Å². The van der Waals surface area contributed by atoms with Crippen LogP contribution in [0.2, 0.25) is 0 Å². The number of pyridine rings is 1. The zero-order chi connectivity index (χ0) is 13.9. The second-order valence-electron chi connectivity index (χ2n) is 5.74. The summed E-state index contributed by atoms with van der Waals surface area (Å²) in [5, 5.41) is 1.25. The molecule has 2 aromatic rings. The molecule has 0 bridgehead atoms. The van der Waals surface area contributed by atoms with Gasteiger partial charge in [-0.05, 0) is 30.9 Å². The second kappa shape index (κ2) is 5.80. The van der Waals surface area contributed by atoms with Crippen LogP contribution >= 0.6 is 0 Å². The number of anilines is 1. The number of fused-ring (bicyclic) bond motifs is 1. The molecule has 1 aliphatic rings. The first-order valence-corrected chi connectivity index (χ1v) is 7.65. The predicted octanol–water partition coefficient (Wildman–Crippen LogP) is 3.32. The molecule has 106 valence electrons. The standard InChI is InChI=1S/C17H23N3/c1-2-5-13-8-9-20(12-13)17-10-14(11-18)19-16-7-4-3-6-15(16)17/h3-4,6-7,10,13H,2,5,8-9,11-12,18H2,1H3. The average molecular weight is 269 g/mol. The maximum Gasteiger partial charge on any atom is 0.0726 e. The first-order chi connectivity index (χ1) is 9.81. The lowest BCUT2D eigenvalue weighted by molar-refractivity contribution is 0.530. The summed E-state index contributed by atoms with van der Waals surface area (Å²) >= 11 is 0. The van der Waals surface area contributed by atoms with Crippen molar-refractivity contribution in [1.29, 1.82) is 0 Å². The number of para-hydroxylation sites is 1. The highest BCUT2D eigenvalue weighted by Gasteiger charge is 2.23. The lowest BCUT2D eigenvalue weighted by Crippen LogP contribution is -2.20. The van der Waals surface area contributed by atoms with Crippen LogP contribution in [0.1, 0.15) is 31.9 Å². The molecule has 1 atom stereocenters. The van der Waals surface area contributed by atoms with Gasteiger partial charge in [0.15, 0.2) is 0 Å². The molecule has 3 rings (SSSR count). The van der Waals surface area contributed by atoms with E-state index < -0.39 is 0 Å². The van der Waals surface area contributed by atoms with Crippen molar-refractivity contribution in [2.75, 3.05) is 18.0 Å². The van der Waals surface area contributed by atoms with Gasteiger partial charge in [0.1, 0.15) is 0 Å². The zero-order valence-electron chi connectivity index (χ0n) is 12.2. The molecule has 2 N–H and O–H groups in total. The Kier molecular flexibility index (Phi) is 3.88. The smallest absolute Gasteiger partial charge is 0.0726 e. The predicted molar refractivity (Wildman–Crippen MR) is 84.9 cm³/mol. The van der Waals surface area contributed by atoms with Crippen LogP contribution in [0.25, 0.3) is 10.9 Å². The van der Waals surface area contributed by atoms with Gasteiger partial charge in [0, 0.05) is 30.7 Å². The largest absolute Gasteiger partial charge is 0.371 e. The maximum atomic E-state index is 5.80. The van der Waals surface area contributed by atoms with E-state index in [2.05, 4.69) is 41.1 Å². The summed E-state index contributed by atoms with van der Waals surface area (Å²) in [6, 6.07) is 10.6. The molecule has 0 spiro atoms. The summed E-state index contributed by atoms with van der Waals surface area (Å²) in [6.07, 6.45) is 3.93. The van der Waals surface area contributed by atoms with E-state index >= 15 is 0 Å². The third-order valence-electron chi connectivity index (χ3n) is 4.28. The van der Waals surface area contributed by atoms with Gasteiger partial charge in [-0.1, -0.05) is 31.5 Å². The monoisotopic (exact) mass is 269 g/mol. The van der Waals surface area contributed by atoms with Crippen molar-refractivity contribution in [3.05, 3.63) is 36.0 Å². The molecule has 3 nitrogen and oxygen atoms in total. The molecular weight excluding hydrogens is 246 g/mol. The molecule has 0 radical (unpaired) electrons. The third kappa shape index (κ3) is 2.50. The molecule has 1 unspecified atom stereocenters. The molecule has 1 aliphatic heterocycles. The maximum absolute atomic E-state index is 5.80. The van der Waals surface area contributed by atoms with Crippen LogP contribution in [0.3, 0.4) is 0 Å². The molecule has 1 aromatic carbocycles. The van der Waals surface area contributed by atoms with E-state index in [0.29, 0.717) is 6.54 Å². The van der Waals surface area contributed by atoms with Gasteiger partial charge in [-0.3, -0.25) is 4.98 Å². The molecule has 0 amide bonds. The fraction of sp³-hybridized carbons (Fsp3) is 0.471. The minimum atomic E-state index is 0.504. The number of nitrogens with two attached hydrogens (primary N) is 1. The molecule has 0 saturated carbocycles. The number of benzene rings is 1. The van der Waals surface area contributed by atoms with E-state index in [0.717, 1.165) is 23.7 Å². The van der Waals surface area contributed by atoms with E-state index in [4.69, 9.17) is 5.73 Å². The molecule has 20 heavy (non-hydrogen) atoms. The van der Waals surface area contributed by atoms with E-state index in [1.807, 2.05) is 6.07 Å². The number of hydrogen-bond acceptors (Lipinski definition) is 3. The van der Waals surface area contributed by atoms with Crippen molar-refractivity contribution in [1.82, 2.24) is 4.98 Å². The van der Waals surface area contributed by atoms with Crippen LogP contribution in [0, 0.1) is 5.92 Å². The van der Waals surface area contributed by atoms with Crippen LogP contribution in [-0.2, 0) is 6.54 Å². The molecule has 1 aromatic heterocycles. The Bertz CT molecular complexity index is 594. The Morgan fingerprint density at radius 3 is 3.00 bits per heavy atom. The molecule has 0 aliphatic carbocycles. The fourth-order valence-electron chi connectivity index (χ4n) is 3.27. The van der Waals surface area contributed by atoms with Crippen molar-refractivity contribution in [2.24, 2.45) is 11.7 Å². The van der Waals surface area contributed by atoms with Crippen molar-refractivity contribution < 1.29 is 0 Å². The molecule has 3 heteroatoms. The van der Waals surface area contributed by atoms with Gasteiger partial charge in [-0.25, -0.2) is 0 Å². The Labute approximate surface area is 120 Å². The minimum absolute atomic E-state index is 0.504. The Morgan fingerprint density at radius 1 is 1.35 bits per heavy atom. The van der Waals surface area contributed by atoms with E-state index in [-0.39, 0.29) is 0 Å². The first-order valence-electron chi connectivity index (χ1n) is 7.65. The summed E-state index contributed by atoms with van der Waals surface area (Å²) in [5.41, 5.74) is 9.16. The number of nitrogens with zero attached hydrogens (tertiary/aromatic N) is 2. The van der Waals surface area contributed by atoms with E-state index in [1.54, 1.807) is 0 Å². The van der Waals surface area contributed by atoms with Gasteiger partial charge in [0.05, 0.1) is 11.2 Å². The highest BCUT2D eigenvalue weighted by Crippen LogP contribution is 2.32. The summed E-state index contributed by atoms with van der Waals surface area (Å²) in [7, 11) is 0. The van der Waals surface area contributed by atoms with Crippen LogP contribution in [-0.4, -0.2) is 18.1 Å². The Balaban J connectivity index is 1.98. The van der Waals surface area contributed by atoms with Crippen LogP contribution in [0.15, 0.2) is 30.3 Å². The SMILES string of the molecule is CCCC1CCN(c2cc(CN)nc3ccccc23)C1. The van der Waals surface area contributed by atoms with Crippen molar-refractivity contribution in [3.8, 4) is 0 Å². The average Bonchev–Trinajstić information content (AvgIpc) is 2.95. The highest BCUT2D eigenvalue weighted by molar-refractivity contribution is 5.92. The number of aromatic nitrogens is 1. The second-order valence-corrected chi connectivity index (χ2v) is 5.74. The van der Waals surface area contributed by atoms with Gasteiger partial charge in [0.2, 0.25) is 0 Å². The van der Waals surface area contributed by atoms with E-state index in [1.165, 1.54) is 36.9 Å². The van der Waals surface area contributed by atoms with Gasteiger partial charge < -0.3 is 10.6 Å². The number of rotatable bonds is 4. The zero-order valence-corrected chi connectivity index (χ0v) is 12.2. The molecular formula is C17H23N3. The first kappa shape index (κ1) is 13.4. The lowest BCUT2D eigenvalue weighted by Gasteiger charge is -2.21. The summed E-state index contributed by atoms with van der Waals surface area (Å²) in [4.78, 5) is 7.15. The van der Waals surface area contributed by atoms with Crippen LogP contribution < -0.4 is 10.6 Å². The molecule has 2 heterocycles. The topological polar surface area (TPSA) is 42.1 Å². The summed E-state index contributed by atoms with van der Waals surface area (Å²) < 4.78 is 0. The molecule has 1 fully saturated rings. The van der Waals surface area contributed by atoms with E-state index in [9.17, 15) is 0 Å². The fourth-order valence-corrected chi connectivity index (χ4v) is 3.27. The van der Waals surface area contributed by atoms with Gasteiger partial charge in [-0.2, -0.15) is 0 Å². The van der Waals surface area contributed by atoms with Crippen molar-refractivity contribution in [2.45, 2.75) is 32.7 Å². The Hall–Kier alpha value is -1.61. The lowest BCUT2D eigenvalue weighted by atomic mass is 10.0. The van der Waals surface area contributed by atoms with Crippen LogP contribution in [0.4, 0.5) is 5.69 Å². The Morgan fingerprint density at radius 2 is 2.20 bits per heavy atom. The normalized spacial score (nSPS) is 18.9.